The van der Waals surface area contributed by atoms with E-state index in [1.807, 2.05) is 20.8 Å². The molecule has 0 aliphatic carbocycles. The minimum atomic E-state index is -1.75. The van der Waals surface area contributed by atoms with Crippen LogP contribution in [0.2, 0.25) is 10.0 Å². The van der Waals surface area contributed by atoms with E-state index in [1.54, 1.807) is 0 Å². The molecule has 1 saturated heterocycles. The van der Waals surface area contributed by atoms with Crippen LogP contribution in [0.15, 0.2) is 60.7 Å². The Hall–Kier alpha value is -3.55. The fraction of sp³-hybridized carbons (Fsp3) is 0.300. The average molecular weight is 601 g/mol. The molecule has 1 aliphatic heterocycles. The van der Waals surface area contributed by atoms with Crippen LogP contribution >= 0.6 is 23.2 Å². The summed E-state index contributed by atoms with van der Waals surface area (Å²) >= 11 is 12.2. The van der Waals surface area contributed by atoms with Gasteiger partial charge in [-0.1, -0.05) is 62.2 Å². The molecule has 1 aliphatic rings. The Balaban J connectivity index is 1.90. The molecule has 0 saturated carbocycles. The molecule has 0 spiro atoms. The molecule has 1 fully saturated rings. The SMILES string of the molecule is CC(C)(C)C[C@@H]1N[C@@H](C(=O)Nc2ccc(C(=O)NO)cc2)[C@H](c2cccc(Cl)c2F)[C@@]1(C#N)c1ccc(Cl)cc1F. The Labute approximate surface area is 246 Å². The van der Waals surface area contributed by atoms with Crippen molar-refractivity contribution in [2.24, 2.45) is 5.41 Å². The van der Waals surface area contributed by atoms with E-state index in [0.29, 0.717) is 12.1 Å². The summed E-state index contributed by atoms with van der Waals surface area (Å²) in [6, 6.07) is 14.2. The summed E-state index contributed by atoms with van der Waals surface area (Å²) in [4.78, 5) is 25.6. The lowest BCUT2D eigenvalue weighted by Crippen LogP contribution is -2.45. The highest BCUT2D eigenvalue weighted by atomic mass is 35.5. The van der Waals surface area contributed by atoms with E-state index in [0.717, 1.165) is 6.07 Å². The van der Waals surface area contributed by atoms with Gasteiger partial charge in [-0.05, 0) is 59.9 Å². The molecule has 0 radical (unpaired) electrons. The Morgan fingerprint density at radius 1 is 1.10 bits per heavy atom. The monoisotopic (exact) mass is 600 g/mol. The van der Waals surface area contributed by atoms with Gasteiger partial charge in [-0.25, -0.2) is 14.3 Å². The molecule has 214 valence electrons. The molecule has 4 rings (SSSR count). The first-order valence-corrected chi connectivity index (χ1v) is 13.5. The smallest absolute Gasteiger partial charge is 0.274 e. The Morgan fingerprint density at radius 2 is 1.78 bits per heavy atom. The second-order valence-electron chi connectivity index (χ2n) is 11.2. The number of hydrogen-bond acceptors (Lipinski definition) is 5. The molecule has 3 aromatic carbocycles. The van der Waals surface area contributed by atoms with Crippen LogP contribution in [0.25, 0.3) is 0 Å². The molecule has 11 heteroatoms. The van der Waals surface area contributed by atoms with Crippen molar-refractivity contribution in [1.29, 1.82) is 5.26 Å². The molecule has 0 bridgehead atoms. The topological polar surface area (TPSA) is 114 Å². The largest absolute Gasteiger partial charge is 0.325 e. The van der Waals surface area contributed by atoms with E-state index in [4.69, 9.17) is 28.4 Å². The number of carbonyl (C=O) groups excluding carboxylic acids is 2. The van der Waals surface area contributed by atoms with Gasteiger partial charge < -0.3 is 10.6 Å². The minimum Gasteiger partial charge on any atom is -0.325 e. The predicted molar refractivity (Wildman–Crippen MR) is 152 cm³/mol. The van der Waals surface area contributed by atoms with Gasteiger partial charge in [-0.2, -0.15) is 5.26 Å². The van der Waals surface area contributed by atoms with Crippen molar-refractivity contribution >= 4 is 40.7 Å². The van der Waals surface area contributed by atoms with Crippen molar-refractivity contribution < 1.29 is 23.6 Å². The summed E-state index contributed by atoms with van der Waals surface area (Å²) in [5.74, 6) is -4.13. The van der Waals surface area contributed by atoms with Crippen LogP contribution < -0.4 is 16.1 Å². The van der Waals surface area contributed by atoms with Gasteiger partial charge in [0.25, 0.3) is 5.91 Å². The summed E-state index contributed by atoms with van der Waals surface area (Å²) in [6.45, 7) is 5.84. The summed E-state index contributed by atoms with van der Waals surface area (Å²) in [5, 5.41) is 25.6. The van der Waals surface area contributed by atoms with E-state index in [2.05, 4.69) is 16.7 Å². The van der Waals surface area contributed by atoms with Crippen LogP contribution in [0.5, 0.6) is 0 Å². The van der Waals surface area contributed by atoms with Crippen LogP contribution in [0.3, 0.4) is 0 Å². The molecular formula is C30H28Cl2F2N4O3. The predicted octanol–water partition coefficient (Wildman–Crippen LogP) is 6.35. The number of anilines is 1. The number of hydrogen-bond donors (Lipinski definition) is 4. The van der Waals surface area contributed by atoms with Crippen molar-refractivity contribution in [3.05, 3.63) is 99.0 Å². The maximum atomic E-state index is 15.7. The minimum absolute atomic E-state index is 0.0209. The highest BCUT2D eigenvalue weighted by Crippen LogP contribution is 2.52. The zero-order valence-corrected chi connectivity index (χ0v) is 23.9. The van der Waals surface area contributed by atoms with Gasteiger partial charge in [0, 0.05) is 33.8 Å². The van der Waals surface area contributed by atoms with Gasteiger partial charge in [0.15, 0.2) is 0 Å². The van der Waals surface area contributed by atoms with Gasteiger partial charge in [0.1, 0.15) is 17.0 Å². The molecular weight excluding hydrogens is 573 g/mol. The zero-order chi connectivity index (χ0) is 30.1. The first kappa shape index (κ1) is 30.4. The van der Waals surface area contributed by atoms with Gasteiger partial charge in [-0.15, -0.1) is 0 Å². The Kier molecular flexibility index (Phi) is 8.71. The van der Waals surface area contributed by atoms with E-state index in [1.165, 1.54) is 60.1 Å². The Bertz CT molecular complexity index is 1520. The number of nitrogens with one attached hydrogen (secondary N) is 3. The molecule has 3 aromatic rings. The lowest BCUT2D eigenvalue weighted by molar-refractivity contribution is -0.118. The molecule has 1 heterocycles. The van der Waals surface area contributed by atoms with Crippen LogP contribution in [0.1, 0.15) is 54.6 Å². The lowest BCUT2D eigenvalue weighted by atomic mass is 9.62. The number of hydroxylamine groups is 1. The summed E-state index contributed by atoms with van der Waals surface area (Å²) in [5.41, 5.74) is -0.195. The highest BCUT2D eigenvalue weighted by molar-refractivity contribution is 6.31. The van der Waals surface area contributed by atoms with Crippen molar-refractivity contribution in [1.82, 2.24) is 10.8 Å². The van der Waals surface area contributed by atoms with E-state index in [-0.39, 0.29) is 32.2 Å². The number of benzene rings is 3. The molecule has 0 aromatic heterocycles. The highest BCUT2D eigenvalue weighted by Gasteiger charge is 2.61. The summed E-state index contributed by atoms with van der Waals surface area (Å²) < 4.78 is 31.4. The summed E-state index contributed by atoms with van der Waals surface area (Å²) in [7, 11) is 0. The number of amides is 2. The quantitative estimate of drug-likeness (QED) is 0.194. The average Bonchev–Trinajstić information content (AvgIpc) is 3.23. The number of carbonyl (C=O) groups is 2. The third-order valence-corrected chi connectivity index (χ3v) is 7.77. The van der Waals surface area contributed by atoms with Crippen LogP contribution in [0, 0.1) is 28.4 Å². The maximum Gasteiger partial charge on any atom is 0.274 e. The number of nitrogens with zero attached hydrogens (tertiary/aromatic N) is 1. The third-order valence-electron chi connectivity index (χ3n) is 7.25. The van der Waals surface area contributed by atoms with Crippen LogP contribution in [-0.2, 0) is 10.2 Å². The zero-order valence-electron chi connectivity index (χ0n) is 22.4. The van der Waals surface area contributed by atoms with Crippen LogP contribution in [0.4, 0.5) is 14.5 Å². The van der Waals surface area contributed by atoms with Crippen molar-refractivity contribution in [3.63, 3.8) is 0 Å². The van der Waals surface area contributed by atoms with Crippen molar-refractivity contribution in [2.45, 2.75) is 50.6 Å². The molecule has 4 N–H and O–H groups in total. The molecule has 4 atom stereocenters. The molecule has 7 nitrogen and oxygen atoms in total. The second kappa shape index (κ2) is 11.7. The standard InChI is InChI=1S/C30H28Cl2F2N4O3/c1-29(2,3)14-23-30(15-35,20-12-9-17(31)13-22(20)33)24(19-5-4-6-21(32)25(19)34)26(37-23)28(40)36-18-10-7-16(8-11-18)27(39)38-41/h4-13,23-24,26,37,41H,14H2,1-3H3,(H,36,40)(H,38,39)/t23-,24-,26+,30-/m0/s1. The first-order chi connectivity index (χ1) is 19.3. The Morgan fingerprint density at radius 3 is 2.37 bits per heavy atom. The van der Waals surface area contributed by atoms with E-state index < -0.39 is 46.9 Å². The first-order valence-electron chi connectivity index (χ1n) is 12.7. The molecule has 0 unspecified atom stereocenters. The molecule has 2 amide bonds. The lowest BCUT2D eigenvalue weighted by Gasteiger charge is -2.37. The normalized spacial score (nSPS) is 22.2. The fourth-order valence-corrected chi connectivity index (χ4v) is 5.89. The van der Waals surface area contributed by atoms with Gasteiger partial charge in [0.05, 0.1) is 17.1 Å². The number of halogens is 4. The summed E-state index contributed by atoms with van der Waals surface area (Å²) in [6.07, 6.45) is 0.329. The third kappa shape index (κ3) is 5.92. The van der Waals surface area contributed by atoms with Gasteiger partial charge in [0.2, 0.25) is 5.91 Å². The van der Waals surface area contributed by atoms with E-state index >= 15 is 8.78 Å². The van der Waals surface area contributed by atoms with Crippen LogP contribution in [-0.4, -0.2) is 29.1 Å². The number of nitriles is 1. The maximum absolute atomic E-state index is 15.7. The number of rotatable bonds is 6. The second-order valence-corrected chi connectivity index (χ2v) is 12.0. The fourth-order valence-electron chi connectivity index (χ4n) is 5.55. The van der Waals surface area contributed by atoms with Gasteiger partial charge >= 0.3 is 0 Å². The van der Waals surface area contributed by atoms with Crippen molar-refractivity contribution in [2.75, 3.05) is 5.32 Å². The van der Waals surface area contributed by atoms with Crippen molar-refractivity contribution in [3.8, 4) is 6.07 Å². The molecule has 41 heavy (non-hydrogen) atoms. The van der Waals surface area contributed by atoms with Gasteiger partial charge in [-0.3, -0.25) is 14.8 Å². The van der Waals surface area contributed by atoms with E-state index in [9.17, 15) is 14.9 Å².